The van der Waals surface area contributed by atoms with Gasteiger partial charge in [-0.05, 0) is 31.0 Å². The Labute approximate surface area is 110 Å². The minimum Gasteiger partial charge on any atom is -0.399 e. The lowest BCUT2D eigenvalue weighted by Crippen LogP contribution is -2.29. The molecule has 4 nitrogen and oxygen atoms in total. The van der Waals surface area contributed by atoms with Gasteiger partial charge in [0.25, 0.3) is 6.43 Å². The van der Waals surface area contributed by atoms with Crippen LogP contribution in [0.1, 0.15) is 24.8 Å². The van der Waals surface area contributed by atoms with Crippen LogP contribution >= 0.6 is 0 Å². The lowest BCUT2D eigenvalue weighted by atomic mass is 10.1. The molecule has 0 aliphatic heterocycles. The lowest BCUT2D eigenvalue weighted by Gasteiger charge is -2.12. The molecule has 1 fully saturated rings. The summed E-state index contributed by atoms with van der Waals surface area (Å²) in [5.74, 6) is 0.210. The topological polar surface area (TPSA) is 67.2 Å². The molecule has 0 spiro atoms. The molecule has 1 amide bonds. The number of hydrogen-bond donors (Lipinski definition) is 3. The van der Waals surface area contributed by atoms with Crippen molar-refractivity contribution in [1.82, 2.24) is 5.32 Å². The van der Waals surface area contributed by atoms with Crippen molar-refractivity contribution in [3.05, 3.63) is 23.8 Å². The molecular formula is C13H17F2N3O. The van der Waals surface area contributed by atoms with Crippen molar-refractivity contribution in [2.45, 2.75) is 19.3 Å². The van der Waals surface area contributed by atoms with Crippen LogP contribution < -0.4 is 16.4 Å². The van der Waals surface area contributed by atoms with Crippen molar-refractivity contribution < 1.29 is 13.6 Å². The van der Waals surface area contributed by atoms with Gasteiger partial charge in [0.05, 0.1) is 0 Å². The predicted molar refractivity (Wildman–Crippen MR) is 70.0 cm³/mol. The maximum atomic E-state index is 12.8. The van der Waals surface area contributed by atoms with Crippen LogP contribution in [0.4, 0.5) is 20.2 Å². The zero-order valence-corrected chi connectivity index (χ0v) is 10.5. The van der Waals surface area contributed by atoms with Crippen molar-refractivity contribution in [1.29, 1.82) is 0 Å². The number of halogens is 2. The van der Waals surface area contributed by atoms with Crippen molar-refractivity contribution in [2.24, 2.45) is 5.92 Å². The quantitative estimate of drug-likeness (QED) is 0.547. The van der Waals surface area contributed by atoms with Crippen molar-refractivity contribution >= 4 is 17.3 Å². The van der Waals surface area contributed by atoms with E-state index in [2.05, 4.69) is 10.6 Å². The van der Waals surface area contributed by atoms with Gasteiger partial charge in [-0.3, -0.25) is 4.79 Å². The highest BCUT2D eigenvalue weighted by atomic mass is 19.3. The van der Waals surface area contributed by atoms with E-state index in [0.717, 1.165) is 12.8 Å². The number of nitrogen functional groups attached to an aromatic ring is 1. The Hall–Kier alpha value is -1.85. The molecule has 1 aliphatic rings. The van der Waals surface area contributed by atoms with Crippen molar-refractivity contribution in [3.8, 4) is 0 Å². The maximum Gasteiger partial charge on any atom is 0.265 e. The summed E-state index contributed by atoms with van der Waals surface area (Å²) in [4.78, 5) is 11.4. The second-order valence-corrected chi connectivity index (χ2v) is 4.64. The third-order valence-electron chi connectivity index (χ3n) is 3.00. The first-order chi connectivity index (χ1) is 9.08. The van der Waals surface area contributed by atoms with E-state index in [0.29, 0.717) is 24.5 Å². The molecule has 0 bridgehead atoms. The van der Waals surface area contributed by atoms with Gasteiger partial charge in [0.15, 0.2) is 0 Å². The lowest BCUT2D eigenvalue weighted by molar-refractivity contribution is -0.122. The van der Waals surface area contributed by atoms with E-state index in [-0.39, 0.29) is 17.4 Å². The van der Waals surface area contributed by atoms with E-state index in [1.807, 2.05) is 0 Å². The third-order valence-corrected chi connectivity index (χ3v) is 3.00. The van der Waals surface area contributed by atoms with E-state index in [9.17, 15) is 13.6 Å². The van der Waals surface area contributed by atoms with Crippen LogP contribution in [0, 0.1) is 5.92 Å². The minimum atomic E-state index is -2.58. The summed E-state index contributed by atoms with van der Waals surface area (Å²) in [5, 5.41) is 5.65. The summed E-state index contributed by atoms with van der Waals surface area (Å²) >= 11 is 0. The highest BCUT2D eigenvalue weighted by Crippen LogP contribution is 2.29. The standard InChI is InChI=1S/C13H17F2N3O/c14-12(15)10-7-9(16)3-4-11(10)17-5-6-18-13(19)8-1-2-8/h3-4,7-8,12,17H,1-2,5-6,16H2,(H,18,19). The van der Waals surface area contributed by atoms with Gasteiger partial charge in [0.2, 0.25) is 5.91 Å². The summed E-state index contributed by atoms with van der Waals surface area (Å²) in [6.45, 7) is 0.824. The SMILES string of the molecule is Nc1ccc(NCCNC(=O)C2CC2)c(C(F)F)c1. The Morgan fingerprint density at radius 2 is 2.11 bits per heavy atom. The normalized spacial score (nSPS) is 14.5. The number of benzene rings is 1. The molecule has 0 unspecified atom stereocenters. The Kier molecular flexibility index (Phi) is 4.19. The van der Waals surface area contributed by atoms with Gasteiger partial charge in [-0.1, -0.05) is 0 Å². The Balaban J connectivity index is 1.83. The molecule has 1 aliphatic carbocycles. The molecule has 1 aromatic rings. The van der Waals surface area contributed by atoms with Crippen molar-refractivity contribution in [2.75, 3.05) is 24.1 Å². The molecule has 2 rings (SSSR count). The first-order valence-corrected chi connectivity index (χ1v) is 6.27. The number of amides is 1. The van der Waals surface area contributed by atoms with Crippen LogP contribution in [0.2, 0.25) is 0 Å². The van der Waals surface area contributed by atoms with Gasteiger partial charge in [0.1, 0.15) is 0 Å². The summed E-state index contributed by atoms with van der Waals surface area (Å²) in [6, 6.07) is 4.35. The molecule has 0 saturated heterocycles. The fourth-order valence-electron chi connectivity index (χ4n) is 1.80. The molecule has 1 aromatic carbocycles. The number of carbonyl (C=O) groups excluding carboxylic acids is 1. The third kappa shape index (κ3) is 3.81. The fraction of sp³-hybridized carbons (Fsp3) is 0.462. The second-order valence-electron chi connectivity index (χ2n) is 4.64. The van der Waals surface area contributed by atoms with E-state index in [4.69, 9.17) is 5.73 Å². The largest absolute Gasteiger partial charge is 0.399 e. The zero-order valence-electron chi connectivity index (χ0n) is 10.5. The Bertz CT molecular complexity index is 461. The number of anilines is 2. The van der Waals surface area contributed by atoms with E-state index in [1.165, 1.54) is 12.1 Å². The number of carbonyl (C=O) groups is 1. The minimum absolute atomic E-state index is 0.0492. The molecular weight excluding hydrogens is 252 g/mol. The van der Waals surface area contributed by atoms with E-state index < -0.39 is 6.43 Å². The van der Waals surface area contributed by atoms with Crippen LogP contribution in [-0.2, 0) is 4.79 Å². The molecule has 6 heteroatoms. The molecule has 0 atom stereocenters. The van der Waals surface area contributed by atoms with Crippen LogP contribution in [0.25, 0.3) is 0 Å². The molecule has 104 valence electrons. The van der Waals surface area contributed by atoms with Gasteiger partial charge in [-0.25, -0.2) is 8.78 Å². The number of rotatable bonds is 6. The zero-order chi connectivity index (χ0) is 13.8. The number of hydrogen-bond acceptors (Lipinski definition) is 3. The summed E-state index contributed by atoms with van der Waals surface area (Å²) in [6.07, 6.45) is -0.675. The molecule has 19 heavy (non-hydrogen) atoms. The van der Waals surface area contributed by atoms with E-state index >= 15 is 0 Å². The highest BCUT2D eigenvalue weighted by molar-refractivity contribution is 5.80. The predicted octanol–water partition coefficient (Wildman–Crippen LogP) is 2.14. The van der Waals surface area contributed by atoms with Gasteiger partial charge in [0, 0.05) is 35.9 Å². The van der Waals surface area contributed by atoms with Crippen molar-refractivity contribution in [3.63, 3.8) is 0 Å². The van der Waals surface area contributed by atoms with Gasteiger partial charge >= 0.3 is 0 Å². The molecule has 4 N–H and O–H groups in total. The molecule has 0 aromatic heterocycles. The average molecular weight is 269 g/mol. The van der Waals surface area contributed by atoms with Gasteiger partial charge < -0.3 is 16.4 Å². The number of alkyl halides is 2. The van der Waals surface area contributed by atoms with Crippen LogP contribution in [-0.4, -0.2) is 19.0 Å². The van der Waals surface area contributed by atoms with Crippen LogP contribution in [0.3, 0.4) is 0 Å². The first kappa shape index (κ1) is 13.6. The highest BCUT2D eigenvalue weighted by Gasteiger charge is 2.28. The Morgan fingerprint density at radius 1 is 1.37 bits per heavy atom. The molecule has 0 heterocycles. The fourth-order valence-corrected chi connectivity index (χ4v) is 1.80. The summed E-state index contributed by atoms with van der Waals surface area (Å²) < 4.78 is 25.6. The van der Waals surface area contributed by atoms with Gasteiger partial charge in [-0.2, -0.15) is 0 Å². The summed E-state index contributed by atoms with van der Waals surface area (Å²) in [7, 11) is 0. The molecule has 0 radical (unpaired) electrons. The number of nitrogens with two attached hydrogens (primary N) is 1. The molecule has 1 saturated carbocycles. The van der Waals surface area contributed by atoms with Gasteiger partial charge in [-0.15, -0.1) is 0 Å². The van der Waals surface area contributed by atoms with E-state index in [1.54, 1.807) is 6.07 Å². The summed E-state index contributed by atoms with van der Waals surface area (Å²) in [5.41, 5.74) is 6.02. The first-order valence-electron chi connectivity index (χ1n) is 6.27. The number of nitrogens with one attached hydrogen (secondary N) is 2. The second kappa shape index (κ2) is 5.86. The van der Waals surface area contributed by atoms with Crippen LogP contribution in [0.5, 0.6) is 0 Å². The maximum absolute atomic E-state index is 12.8. The smallest absolute Gasteiger partial charge is 0.265 e. The average Bonchev–Trinajstić information content (AvgIpc) is 3.19. The van der Waals surface area contributed by atoms with Crippen LogP contribution in [0.15, 0.2) is 18.2 Å². The monoisotopic (exact) mass is 269 g/mol. The Morgan fingerprint density at radius 3 is 2.74 bits per heavy atom.